The molecule has 0 aliphatic heterocycles. The Balaban J connectivity index is 2.55. The Morgan fingerprint density at radius 1 is 1.07 bits per heavy atom. The highest BCUT2D eigenvalue weighted by Gasteiger charge is 2.03. The Morgan fingerprint density at radius 3 is 2.64 bits per heavy atom. The van der Waals surface area contributed by atoms with Gasteiger partial charge in [-0.15, -0.1) is 0 Å². The Labute approximate surface area is 80.8 Å². The van der Waals surface area contributed by atoms with Crippen molar-refractivity contribution in [3.05, 3.63) is 60.2 Å². The molecule has 0 aromatic heterocycles. The molecule has 2 heteroatoms. The van der Waals surface area contributed by atoms with E-state index in [4.69, 9.17) is 0 Å². The first-order valence-corrected chi connectivity index (χ1v) is 4.19. The molecule has 0 spiro atoms. The van der Waals surface area contributed by atoms with Gasteiger partial charge in [-0.3, -0.25) is 0 Å². The quantitative estimate of drug-likeness (QED) is 0.644. The monoisotopic (exact) mass is 189 g/mol. The Bertz CT molecular complexity index is 450. The van der Waals surface area contributed by atoms with E-state index in [0.29, 0.717) is 11.1 Å². The smallest absolute Gasteiger partial charge is 0.131 e. The van der Waals surface area contributed by atoms with Gasteiger partial charge in [0, 0.05) is 5.56 Å². The SMILES string of the molecule is Fc1cccc(-c2cc[c]cc2F)c1. The van der Waals surface area contributed by atoms with E-state index in [0.717, 1.165) is 0 Å². The molecule has 0 heterocycles. The van der Waals surface area contributed by atoms with Gasteiger partial charge in [0.05, 0.1) is 0 Å². The zero-order valence-electron chi connectivity index (χ0n) is 7.30. The van der Waals surface area contributed by atoms with Crippen LogP contribution in [0.3, 0.4) is 0 Å². The second kappa shape index (κ2) is 3.58. The van der Waals surface area contributed by atoms with Crippen LogP contribution in [0, 0.1) is 17.7 Å². The third-order valence-corrected chi connectivity index (χ3v) is 1.95. The lowest BCUT2D eigenvalue weighted by atomic mass is 10.1. The van der Waals surface area contributed by atoms with Crippen molar-refractivity contribution >= 4 is 0 Å². The fraction of sp³-hybridized carbons (Fsp3) is 0. The molecule has 0 saturated carbocycles. The van der Waals surface area contributed by atoms with E-state index in [1.54, 1.807) is 24.3 Å². The molecule has 0 atom stereocenters. The van der Waals surface area contributed by atoms with Gasteiger partial charge in [-0.25, -0.2) is 8.78 Å². The predicted octanol–water partition coefficient (Wildman–Crippen LogP) is 3.43. The third kappa shape index (κ3) is 1.64. The summed E-state index contributed by atoms with van der Waals surface area (Å²) in [6, 6.07) is 12.9. The van der Waals surface area contributed by atoms with Crippen LogP contribution in [0.5, 0.6) is 0 Å². The van der Waals surface area contributed by atoms with Crippen LogP contribution in [0.4, 0.5) is 8.78 Å². The maximum atomic E-state index is 13.3. The largest absolute Gasteiger partial charge is 0.207 e. The molecule has 0 aliphatic carbocycles. The summed E-state index contributed by atoms with van der Waals surface area (Å²) in [6.45, 7) is 0. The zero-order chi connectivity index (χ0) is 9.97. The molecule has 0 unspecified atom stereocenters. The van der Waals surface area contributed by atoms with Gasteiger partial charge in [0.2, 0.25) is 0 Å². The summed E-state index contributed by atoms with van der Waals surface area (Å²) in [5, 5.41) is 0. The van der Waals surface area contributed by atoms with Crippen molar-refractivity contribution in [1.29, 1.82) is 0 Å². The first-order valence-electron chi connectivity index (χ1n) is 4.19. The fourth-order valence-electron chi connectivity index (χ4n) is 1.30. The highest BCUT2D eigenvalue weighted by molar-refractivity contribution is 5.63. The highest BCUT2D eigenvalue weighted by Crippen LogP contribution is 2.22. The average Bonchev–Trinajstić information content (AvgIpc) is 2.18. The van der Waals surface area contributed by atoms with Gasteiger partial charge < -0.3 is 0 Å². The molecular formula is C12H7F2. The molecule has 0 fully saturated rings. The van der Waals surface area contributed by atoms with Gasteiger partial charge >= 0.3 is 0 Å². The van der Waals surface area contributed by atoms with Crippen LogP contribution >= 0.6 is 0 Å². The summed E-state index contributed by atoms with van der Waals surface area (Å²) >= 11 is 0. The van der Waals surface area contributed by atoms with Crippen molar-refractivity contribution in [1.82, 2.24) is 0 Å². The summed E-state index contributed by atoms with van der Waals surface area (Å²) in [6.07, 6.45) is 0. The molecule has 2 aromatic rings. The summed E-state index contributed by atoms with van der Waals surface area (Å²) in [5.74, 6) is -0.757. The van der Waals surface area contributed by atoms with Crippen molar-refractivity contribution in [3.8, 4) is 11.1 Å². The number of rotatable bonds is 1. The molecule has 69 valence electrons. The Morgan fingerprint density at radius 2 is 1.93 bits per heavy atom. The molecule has 0 N–H and O–H groups in total. The molecule has 1 radical (unpaired) electrons. The first-order chi connectivity index (χ1) is 6.77. The number of hydrogen-bond acceptors (Lipinski definition) is 0. The van der Waals surface area contributed by atoms with Crippen LogP contribution in [-0.2, 0) is 0 Å². The first kappa shape index (κ1) is 8.88. The van der Waals surface area contributed by atoms with Crippen LogP contribution in [0.1, 0.15) is 0 Å². The molecule has 0 saturated heterocycles. The standard InChI is InChI=1S/C12H7F2/c13-10-5-3-4-9(8-10)11-6-1-2-7-12(11)14/h1,3-8H. The molecule has 2 rings (SSSR count). The van der Waals surface area contributed by atoms with Crippen molar-refractivity contribution in [2.75, 3.05) is 0 Å². The van der Waals surface area contributed by atoms with Crippen LogP contribution in [-0.4, -0.2) is 0 Å². The van der Waals surface area contributed by atoms with Crippen molar-refractivity contribution in [2.45, 2.75) is 0 Å². The third-order valence-electron chi connectivity index (χ3n) is 1.95. The molecule has 0 bridgehead atoms. The summed E-state index contributed by atoms with van der Waals surface area (Å²) in [7, 11) is 0. The molecule has 0 aliphatic rings. The Kier molecular flexibility index (Phi) is 2.27. The van der Waals surface area contributed by atoms with Crippen LogP contribution in [0.25, 0.3) is 11.1 Å². The molecule has 2 aromatic carbocycles. The Hall–Kier alpha value is -1.70. The lowest BCUT2D eigenvalue weighted by molar-refractivity contribution is 0.624. The second-order valence-corrected chi connectivity index (χ2v) is 2.92. The molecule has 0 nitrogen and oxygen atoms in total. The van der Waals surface area contributed by atoms with Crippen LogP contribution < -0.4 is 0 Å². The minimum Gasteiger partial charge on any atom is -0.207 e. The average molecular weight is 189 g/mol. The van der Waals surface area contributed by atoms with Gasteiger partial charge in [-0.1, -0.05) is 24.3 Å². The van der Waals surface area contributed by atoms with Gasteiger partial charge in [-0.2, -0.15) is 0 Å². The van der Waals surface area contributed by atoms with Crippen molar-refractivity contribution in [2.24, 2.45) is 0 Å². The number of hydrogen-bond donors (Lipinski definition) is 0. The van der Waals surface area contributed by atoms with Gasteiger partial charge in [-0.05, 0) is 29.8 Å². The van der Waals surface area contributed by atoms with E-state index < -0.39 is 5.82 Å². The topological polar surface area (TPSA) is 0 Å². The highest BCUT2D eigenvalue weighted by atomic mass is 19.1. The van der Waals surface area contributed by atoms with E-state index in [2.05, 4.69) is 6.07 Å². The molecule has 14 heavy (non-hydrogen) atoms. The van der Waals surface area contributed by atoms with E-state index in [-0.39, 0.29) is 5.82 Å². The number of halogens is 2. The van der Waals surface area contributed by atoms with Crippen molar-refractivity contribution in [3.63, 3.8) is 0 Å². The summed E-state index contributed by atoms with van der Waals surface area (Å²) < 4.78 is 26.1. The van der Waals surface area contributed by atoms with E-state index in [1.165, 1.54) is 18.2 Å². The zero-order valence-corrected chi connectivity index (χ0v) is 7.30. The normalized spacial score (nSPS) is 10.1. The van der Waals surface area contributed by atoms with E-state index in [1.807, 2.05) is 0 Å². The minimum absolute atomic E-state index is 0.366. The molecule has 0 amide bonds. The minimum atomic E-state index is -0.391. The van der Waals surface area contributed by atoms with E-state index >= 15 is 0 Å². The van der Waals surface area contributed by atoms with Crippen LogP contribution in [0.15, 0.2) is 42.5 Å². The van der Waals surface area contributed by atoms with E-state index in [9.17, 15) is 8.78 Å². The lowest BCUT2D eigenvalue weighted by Crippen LogP contribution is -1.84. The maximum absolute atomic E-state index is 13.3. The second-order valence-electron chi connectivity index (χ2n) is 2.92. The molecular weight excluding hydrogens is 182 g/mol. The number of benzene rings is 2. The van der Waals surface area contributed by atoms with Gasteiger partial charge in [0.25, 0.3) is 0 Å². The lowest BCUT2D eigenvalue weighted by Gasteiger charge is -2.02. The summed E-state index contributed by atoms with van der Waals surface area (Å²) in [5.41, 5.74) is 0.930. The maximum Gasteiger partial charge on any atom is 0.131 e. The fourth-order valence-corrected chi connectivity index (χ4v) is 1.30. The predicted molar refractivity (Wildman–Crippen MR) is 50.6 cm³/mol. The van der Waals surface area contributed by atoms with Crippen LogP contribution in [0.2, 0.25) is 0 Å². The van der Waals surface area contributed by atoms with Crippen molar-refractivity contribution < 1.29 is 8.78 Å². The van der Waals surface area contributed by atoms with Gasteiger partial charge in [0.15, 0.2) is 0 Å². The van der Waals surface area contributed by atoms with Gasteiger partial charge in [0.1, 0.15) is 11.6 Å². The summed E-state index contributed by atoms with van der Waals surface area (Å²) in [4.78, 5) is 0.